The second-order valence-corrected chi connectivity index (χ2v) is 5.59. The molecule has 0 fully saturated rings. The Morgan fingerprint density at radius 1 is 1.53 bits per heavy atom. The van der Waals surface area contributed by atoms with Crippen molar-refractivity contribution in [2.45, 2.75) is 31.9 Å². The van der Waals surface area contributed by atoms with E-state index in [0.717, 1.165) is 12.2 Å². The molecule has 3 heteroatoms. The molecule has 0 aromatic heterocycles. The van der Waals surface area contributed by atoms with E-state index in [1.807, 2.05) is 18.2 Å². The average molecular weight is 252 g/mol. The van der Waals surface area contributed by atoms with Crippen LogP contribution in [0.1, 0.15) is 31.9 Å². The Bertz CT molecular complexity index is 428. The summed E-state index contributed by atoms with van der Waals surface area (Å²) >= 11 is 5.81. The molecule has 0 radical (unpaired) electrons. The summed E-state index contributed by atoms with van der Waals surface area (Å²) in [5.74, 6) is 0.960. The highest BCUT2D eigenvalue weighted by Crippen LogP contribution is 2.39. The minimum Gasteiger partial charge on any atom is -0.487 e. The van der Waals surface area contributed by atoms with Gasteiger partial charge in [-0.05, 0) is 19.9 Å². The number of ether oxygens (including phenoxy) is 1. The lowest BCUT2D eigenvalue weighted by atomic mass is 9.90. The molecule has 1 unspecified atom stereocenters. The Balaban J connectivity index is 2.23. The van der Waals surface area contributed by atoms with Gasteiger partial charge in [0.1, 0.15) is 11.4 Å². The number of halogens is 1. The van der Waals surface area contributed by atoms with Gasteiger partial charge in [-0.2, -0.15) is 0 Å². The number of fused-ring (bicyclic) bond motifs is 1. The zero-order chi connectivity index (χ0) is 12.5. The van der Waals surface area contributed by atoms with Crippen LogP contribution in [0.3, 0.4) is 0 Å². The fourth-order valence-electron chi connectivity index (χ4n) is 2.22. The van der Waals surface area contributed by atoms with Gasteiger partial charge in [-0.3, -0.25) is 0 Å². The fourth-order valence-corrected chi connectivity index (χ4v) is 2.30. The first-order valence-electron chi connectivity index (χ1n) is 5.82. The number of para-hydroxylation sites is 1. The van der Waals surface area contributed by atoms with Gasteiger partial charge >= 0.3 is 0 Å². The minimum atomic E-state index is -0.153. The molecule has 2 nitrogen and oxygen atoms in total. The number of hydrogen-bond donors (Lipinski definition) is 1. The maximum absolute atomic E-state index is 5.96. The molecule has 0 saturated heterocycles. The molecule has 1 aromatic rings. The first kappa shape index (κ1) is 12.5. The van der Waals surface area contributed by atoms with Crippen molar-refractivity contribution in [3.63, 3.8) is 0 Å². The first-order chi connectivity index (χ1) is 7.98. The number of rotatable bonds is 3. The summed E-state index contributed by atoms with van der Waals surface area (Å²) in [4.78, 5) is 0. The van der Waals surface area contributed by atoms with Gasteiger partial charge < -0.3 is 10.1 Å². The Morgan fingerprint density at radius 3 is 2.94 bits per heavy atom. The molecule has 0 amide bonds. The monoisotopic (exact) mass is 251 g/mol. The van der Waals surface area contributed by atoms with E-state index in [0.29, 0.717) is 11.6 Å². The topological polar surface area (TPSA) is 21.3 Å². The number of benzene rings is 1. The molecule has 0 bridgehead atoms. The zero-order valence-corrected chi connectivity index (χ0v) is 11.1. The first-order valence-corrected chi connectivity index (χ1v) is 6.20. The second kappa shape index (κ2) is 4.71. The predicted molar refractivity (Wildman–Crippen MR) is 71.5 cm³/mol. The van der Waals surface area contributed by atoms with Crippen molar-refractivity contribution in [2.24, 2.45) is 0 Å². The lowest BCUT2D eigenvalue weighted by molar-refractivity contribution is 0.0667. The van der Waals surface area contributed by atoms with Gasteiger partial charge in [0, 0.05) is 29.6 Å². The summed E-state index contributed by atoms with van der Waals surface area (Å²) in [5.41, 5.74) is 1.05. The van der Waals surface area contributed by atoms with E-state index in [9.17, 15) is 0 Å². The third-order valence-corrected chi connectivity index (χ3v) is 3.05. The molecule has 1 aromatic carbocycles. The Hall–Kier alpha value is -0.990. The van der Waals surface area contributed by atoms with Crippen molar-refractivity contribution >= 4 is 11.6 Å². The van der Waals surface area contributed by atoms with Crippen LogP contribution in [0.2, 0.25) is 0 Å². The molecule has 0 aliphatic carbocycles. The summed E-state index contributed by atoms with van der Waals surface area (Å²) in [6, 6.07) is 8.41. The highest BCUT2D eigenvalue weighted by Gasteiger charge is 2.33. The largest absolute Gasteiger partial charge is 0.487 e. The number of hydrogen-bond acceptors (Lipinski definition) is 2. The third kappa shape index (κ3) is 3.02. The van der Waals surface area contributed by atoms with Crippen molar-refractivity contribution in [1.82, 2.24) is 5.32 Å². The van der Waals surface area contributed by atoms with E-state index in [-0.39, 0.29) is 11.6 Å². The molecule has 1 heterocycles. The quantitative estimate of drug-likeness (QED) is 0.886. The second-order valence-electron chi connectivity index (χ2n) is 5.05. The molecule has 0 spiro atoms. The van der Waals surface area contributed by atoms with Gasteiger partial charge in [-0.15, -0.1) is 0 Å². The average Bonchev–Trinajstić information content (AvgIpc) is 2.24. The molecule has 0 saturated carbocycles. The Labute approximate surface area is 108 Å². The van der Waals surface area contributed by atoms with E-state index in [2.05, 4.69) is 31.8 Å². The molecule has 2 rings (SSSR count). The molecule has 1 aliphatic heterocycles. The molecule has 1 atom stereocenters. The highest BCUT2D eigenvalue weighted by molar-refractivity contribution is 6.29. The van der Waals surface area contributed by atoms with Crippen molar-refractivity contribution in [1.29, 1.82) is 0 Å². The van der Waals surface area contributed by atoms with Crippen LogP contribution < -0.4 is 10.1 Å². The Morgan fingerprint density at radius 2 is 2.24 bits per heavy atom. The molecule has 1 N–H and O–H groups in total. The summed E-state index contributed by atoms with van der Waals surface area (Å²) in [5, 5.41) is 4.05. The van der Waals surface area contributed by atoms with E-state index >= 15 is 0 Å². The predicted octanol–water partition coefficient (Wildman–Crippen LogP) is 3.63. The Kier molecular flexibility index (Phi) is 3.45. The normalized spacial score (nSPS) is 21.5. The van der Waals surface area contributed by atoms with Crippen LogP contribution in [0.15, 0.2) is 35.9 Å². The van der Waals surface area contributed by atoms with Gasteiger partial charge in [-0.25, -0.2) is 0 Å². The molecule has 1 aliphatic rings. The molecule has 92 valence electrons. The van der Waals surface area contributed by atoms with E-state index in [1.165, 1.54) is 5.56 Å². The highest BCUT2D eigenvalue weighted by atomic mass is 35.5. The lowest BCUT2D eigenvalue weighted by Crippen LogP contribution is -2.39. The van der Waals surface area contributed by atoms with Gasteiger partial charge in [-0.1, -0.05) is 36.4 Å². The number of nitrogens with one attached hydrogen (secondary N) is 1. The minimum absolute atomic E-state index is 0.153. The standard InChI is InChI=1S/C14H18ClNO/c1-10(15)9-16-12-8-14(2,3)17-13-7-5-4-6-11(12)13/h4-7,12,16H,1,8-9H2,2-3H3. The van der Waals surface area contributed by atoms with Crippen molar-refractivity contribution < 1.29 is 4.74 Å². The zero-order valence-electron chi connectivity index (χ0n) is 10.3. The summed E-state index contributed by atoms with van der Waals surface area (Å²) in [6.45, 7) is 8.53. The maximum Gasteiger partial charge on any atom is 0.124 e. The van der Waals surface area contributed by atoms with Gasteiger partial charge in [0.15, 0.2) is 0 Å². The van der Waals surface area contributed by atoms with Crippen LogP contribution in [0, 0.1) is 0 Å². The van der Waals surface area contributed by atoms with Crippen LogP contribution in [-0.2, 0) is 0 Å². The summed E-state index contributed by atoms with van der Waals surface area (Å²) < 4.78 is 5.96. The van der Waals surface area contributed by atoms with Crippen LogP contribution in [-0.4, -0.2) is 12.1 Å². The molecule has 17 heavy (non-hydrogen) atoms. The fraction of sp³-hybridized carbons (Fsp3) is 0.429. The molecular weight excluding hydrogens is 234 g/mol. The van der Waals surface area contributed by atoms with Crippen molar-refractivity contribution in [3.05, 3.63) is 41.4 Å². The van der Waals surface area contributed by atoms with Gasteiger partial charge in [0.05, 0.1) is 0 Å². The van der Waals surface area contributed by atoms with Crippen LogP contribution in [0.5, 0.6) is 5.75 Å². The van der Waals surface area contributed by atoms with Gasteiger partial charge in [0.2, 0.25) is 0 Å². The third-order valence-electron chi connectivity index (χ3n) is 2.92. The SMILES string of the molecule is C=C(Cl)CNC1CC(C)(C)Oc2ccccc21. The lowest BCUT2D eigenvalue weighted by Gasteiger charge is -2.38. The van der Waals surface area contributed by atoms with Crippen LogP contribution in [0.25, 0.3) is 0 Å². The van der Waals surface area contributed by atoms with Crippen molar-refractivity contribution in [3.8, 4) is 5.75 Å². The summed E-state index contributed by atoms with van der Waals surface area (Å²) in [7, 11) is 0. The molecular formula is C14H18ClNO. The van der Waals surface area contributed by atoms with E-state index in [1.54, 1.807) is 0 Å². The maximum atomic E-state index is 5.96. The van der Waals surface area contributed by atoms with E-state index in [4.69, 9.17) is 16.3 Å². The van der Waals surface area contributed by atoms with Crippen molar-refractivity contribution in [2.75, 3.05) is 6.54 Å². The summed E-state index contributed by atoms with van der Waals surface area (Å²) in [6.07, 6.45) is 0.925. The van der Waals surface area contributed by atoms with Crippen LogP contribution in [0.4, 0.5) is 0 Å². The van der Waals surface area contributed by atoms with Crippen LogP contribution >= 0.6 is 11.6 Å². The van der Waals surface area contributed by atoms with Gasteiger partial charge in [0.25, 0.3) is 0 Å². The van der Waals surface area contributed by atoms with E-state index < -0.39 is 0 Å². The smallest absolute Gasteiger partial charge is 0.124 e.